The maximum atomic E-state index is 12.0. The zero-order valence-corrected chi connectivity index (χ0v) is 12.7. The molecule has 4 nitrogen and oxygen atoms in total. The van der Waals surface area contributed by atoms with Crippen LogP contribution in [0.2, 0.25) is 0 Å². The summed E-state index contributed by atoms with van der Waals surface area (Å²) in [6.07, 6.45) is 4.44. The Hall–Kier alpha value is -0.770. The molecule has 2 amide bonds. The van der Waals surface area contributed by atoms with E-state index in [1.165, 1.54) is 0 Å². The number of hydrogen-bond donors (Lipinski definition) is 1. The van der Waals surface area contributed by atoms with Crippen molar-refractivity contribution >= 4 is 23.4 Å². The molecule has 0 aliphatic heterocycles. The Bertz CT molecular complexity index is 319. The topological polar surface area (TPSA) is 63.4 Å². The van der Waals surface area contributed by atoms with E-state index < -0.39 is 0 Å². The lowest BCUT2D eigenvalue weighted by Crippen LogP contribution is -2.43. The normalized spacial score (nSPS) is 22.7. The lowest BCUT2D eigenvalue weighted by Gasteiger charge is -2.31. The quantitative estimate of drug-likeness (QED) is 0.730. The second-order valence-corrected chi connectivity index (χ2v) is 5.70. The highest BCUT2D eigenvalue weighted by molar-refractivity contribution is 6.27. The van der Waals surface area contributed by atoms with Crippen molar-refractivity contribution in [2.45, 2.75) is 52.0 Å². The Labute approximate surface area is 120 Å². The highest BCUT2D eigenvalue weighted by atomic mass is 35.5. The Kier molecular flexibility index (Phi) is 6.63. The number of nitrogens with two attached hydrogens (primary N) is 1. The van der Waals surface area contributed by atoms with Crippen LogP contribution in [0.4, 0.5) is 0 Å². The lowest BCUT2D eigenvalue weighted by atomic mass is 10.0. The summed E-state index contributed by atoms with van der Waals surface area (Å²) < 4.78 is 0. The van der Waals surface area contributed by atoms with Crippen LogP contribution in [0.1, 0.15) is 46.0 Å². The first-order valence-electron chi connectivity index (χ1n) is 7.18. The molecule has 0 aromatic rings. The van der Waals surface area contributed by atoms with Gasteiger partial charge in [0.25, 0.3) is 0 Å². The van der Waals surface area contributed by atoms with Crippen LogP contribution in [-0.2, 0) is 9.59 Å². The van der Waals surface area contributed by atoms with Gasteiger partial charge in [-0.2, -0.15) is 0 Å². The third-order valence-electron chi connectivity index (χ3n) is 4.29. The van der Waals surface area contributed by atoms with Gasteiger partial charge in [0.05, 0.1) is 0 Å². The summed E-state index contributed by atoms with van der Waals surface area (Å²) >= 11 is 5.71. The first-order chi connectivity index (χ1) is 9.03. The molecular formula is C14H25ClN2O2. The van der Waals surface area contributed by atoms with Crippen molar-refractivity contribution in [3.05, 3.63) is 0 Å². The molecular weight excluding hydrogens is 264 g/mol. The summed E-state index contributed by atoms with van der Waals surface area (Å²) in [5, 5.41) is 0. The van der Waals surface area contributed by atoms with Crippen LogP contribution in [0.15, 0.2) is 0 Å². The van der Waals surface area contributed by atoms with Crippen LogP contribution in [0, 0.1) is 11.8 Å². The molecule has 2 atom stereocenters. The average molecular weight is 289 g/mol. The Morgan fingerprint density at radius 3 is 2.37 bits per heavy atom. The van der Waals surface area contributed by atoms with E-state index in [0.717, 1.165) is 32.2 Å². The first-order valence-corrected chi connectivity index (χ1v) is 7.71. The SMILES string of the molecule is CCC(CC)CN(C(=O)CCl)[C@@H]1CC[C@H](C(N)=O)C1. The molecule has 0 unspecified atom stereocenters. The van der Waals surface area contributed by atoms with Gasteiger partial charge in [0.15, 0.2) is 0 Å². The number of primary amides is 1. The minimum Gasteiger partial charge on any atom is -0.369 e. The van der Waals surface area contributed by atoms with Crippen molar-refractivity contribution in [3.63, 3.8) is 0 Å². The van der Waals surface area contributed by atoms with Gasteiger partial charge in [-0.1, -0.05) is 26.7 Å². The van der Waals surface area contributed by atoms with E-state index in [0.29, 0.717) is 12.3 Å². The molecule has 5 heteroatoms. The monoisotopic (exact) mass is 288 g/mol. The average Bonchev–Trinajstić information content (AvgIpc) is 2.89. The van der Waals surface area contributed by atoms with E-state index >= 15 is 0 Å². The number of carbonyl (C=O) groups excluding carboxylic acids is 2. The van der Waals surface area contributed by atoms with Crippen molar-refractivity contribution < 1.29 is 9.59 Å². The van der Waals surface area contributed by atoms with Gasteiger partial charge >= 0.3 is 0 Å². The minimum absolute atomic E-state index is 0.0118. The zero-order chi connectivity index (χ0) is 14.4. The smallest absolute Gasteiger partial charge is 0.237 e. The van der Waals surface area contributed by atoms with Crippen molar-refractivity contribution in [2.24, 2.45) is 17.6 Å². The minimum atomic E-state index is -0.247. The fourth-order valence-corrected chi connectivity index (χ4v) is 3.01. The molecule has 0 aromatic heterocycles. The van der Waals surface area contributed by atoms with Crippen molar-refractivity contribution in [1.82, 2.24) is 4.90 Å². The highest BCUT2D eigenvalue weighted by Gasteiger charge is 2.34. The number of rotatable bonds is 7. The van der Waals surface area contributed by atoms with Crippen LogP contribution in [0.5, 0.6) is 0 Å². The summed E-state index contributed by atoms with van der Waals surface area (Å²) in [6, 6.07) is 0.129. The molecule has 1 saturated carbocycles. The molecule has 0 heterocycles. The van der Waals surface area contributed by atoms with Crippen LogP contribution >= 0.6 is 11.6 Å². The second-order valence-electron chi connectivity index (χ2n) is 5.43. The maximum absolute atomic E-state index is 12.0. The van der Waals surface area contributed by atoms with E-state index in [1.807, 2.05) is 4.90 Å². The van der Waals surface area contributed by atoms with Crippen LogP contribution in [-0.4, -0.2) is 35.2 Å². The Balaban J connectivity index is 2.70. The van der Waals surface area contributed by atoms with E-state index in [1.54, 1.807) is 0 Å². The third kappa shape index (κ3) is 4.37. The fraction of sp³-hybridized carbons (Fsp3) is 0.857. The van der Waals surface area contributed by atoms with E-state index in [9.17, 15) is 9.59 Å². The van der Waals surface area contributed by atoms with Crippen LogP contribution in [0.3, 0.4) is 0 Å². The molecule has 0 aromatic carbocycles. The molecule has 1 aliphatic rings. The number of carbonyl (C=O) groups is 2. The predicted octanol–water partition coefficient (Wildman–Crippen LogP) is 2.14. The zero-order valence-electron chi connectivity index (χ0n) is 11.9. The van der Waals surface area contributed by atoms with Gasteiger partial charge in [-0.15, -0.1) is 11.6 Å². The molecule has 0 saturated heterocycles. The van der Waals surface area contributed by atoms with Crippen molar-refractivity contribution in [3.8, 4) is 0 Å². The molecule has 1 rings (SSSR count). The highest BCUT2D eigenvalue weighted by Crippen LogP contribution is 2.30. The van der Waals surface area contributed by atoms with Crippen LogP contribution in [0.25, 0.3) is 0 Å². The summed E-state index contributed by atoms with van der Waals surface area (Å²) in [5.41, 5.74) is 5.35. The van der Waals surface area contributed by atoms with E-state index in [4.69, 9.17) is 17.3 Å². The third-order valence-corrected chi connectivity index (χ3v) is 4.52. The molecule has 0 bridgehead atoms. The second kappa shape index (κ2) is 7.73. The molecule has 1 fully saturated rings. The molecule has 19 heavy (non-hydrogen) atoms. The molecule has 0 radical (unpaired) electrons. The fourth-order valence-electron chi connectivity index (χ4n) is 2.86. The van der Waals surface area contributed by atoms with Gasteiger partial charge in [0, 0.05) is 18.5 Å². The standard InChI is InChI=1S/C14H25ClN2O2/c1-3-10(4-2)9-17(13(18)8-15)12-6-5-11(7-12)14(16)19/h10-12H,3-9H2,1-2H3,(H2,16,19)/t11-,12+/m0/s1. The van der Waals surface area contributed by atoms with E-state index in [2.05, 4.69) is 13.8 Å². The van der Waals surface area contributed by atoms with E-state index in [-0.39, 0.29) is 29.7 Å². The van der Waals surface area contributed by atoms with Gasteiger partial charge in [-0.05, 0) is 25.2 Å². The number of alkyl halides is 1. The largest absolute Gasteiger partial charge is 0.369 e. The number of amides is 2. The summed E-state index contributed by atoms with van der Waals surface area (Å²) in [7, 11) is 0. The lowest BCUT2D eigenvalue weighted by molar-refractivity contribution is -0.132. The Morgan fingerprint density at radius 2 is 1.95 bits per heavy atom. The van der Waals surface area contributed by atoms with Gasteiger partial charge in [0.1, 0.15) is 5.88 Å². The maximum Gasteiger partial charge on any atom is 0.237 e. The van der Waals surface area contributed by atoms with Gasteiger partial charge in [-0.25, -0.2) is 0 Å². The number of hydrogen-bond acceptors (Lipinski definition) is 2. The first kappa shape index (κ1) is 16.3. The predicted molar refractivity (Wildman–Crippen MR) is 76.8 cm³/mol. The molecule has 2 N–H and O–H groups in total. The van der Waals surface area contributed by atoms with Crippen molar-refractivity contribution in [1.29, 1.82) is 0 Å². The molecule has 1 aliphatic carbocycles. The van der Waals surface area contributed by atoms with Gasteiger partial charge < -0.3 is 10.6 Å². The van der Waals surface area contributed by atoms with Crippen molar-refractivity contribution in [2.75, 3.05) is 12.4 Å². The summed E-state index contributed by atoms with van der Waals surface area (Å²) in [4.78, 5) is 25.1. The number of nitrogens with zero attached hydrogens (tertiary/aromatic N) is 1. The molecule has 110 valence electrons. The van der Waals surface area contributed by atoms with Gasteiger partial charge in [-0.3, -0.25) is 9.59 Å². The van der Waals surface area contributed by atoms with Gasteiger partial charge in [0.2, 0.25) is 11.8 Å². The summed E-state index contributed by atoms with van der Waals surface area (Å²) in [6.45, 7) is 5.02. The summed E-state index contributed by atoms with van der Waals surface area (Å²) in [5.74, 6) is 0.154. The number of halogens is 1. The Morgan fingerprint density at radius 1 is 1.32 bits per heavy atom. The molecule has 0 spiro atoms. The van der Waals surface area contributed by atoms with Crippen LogP contribution < -0.4 is 5.73 Å².